The minimum atomic E-state index is -0.101. The van der Waals surface area contributed by atoms with Crippen molar-refractivity contribution < 1.29 is 9.59 Å². The summed E-state index contributed by atoms with van der Waals surface area (Å²) in [5.41, 5.74) is 2.25. The monoisotopic (exact) mass is 383 g/mol. The summed E-state index contributed by atoms with van der Waals surface area (Å²) < 4.78 is 0. The molecule has 1 fully saturated rings. The van der Waals surface area contributed by atoms with Crippen LogP contribution in [-0.4, -0.2) is 40.5 Å². The topological polar surface area (TPSA) is 62.3 Å². The van der Waals surface area contributed by atoms with E-state index in [1.165, 1.54) is 11.8 Å². The predicted molar refractivity (Wildman–Crippen MR) is 110 cm³/mol. The highest BCUT2D eigenvalue weighted by molar-refractivity contribution is 7.99. The average Bonchev–Trinajstić information content (AvgIpc) is 2.69. The number of carbonyl (C=O) groups excluding carboxylic acids is 2. The third kappa shape index (κ3) is 5.57. The Labute approximate surface area is 164 Å². The van der Waals surface area contributed by atoms with Gasteiger partial charge in [0.15, 0.2) is 0 Å². The summed E-state index contributed by atoms with van der Waals surface area (Å²) in [7, 11) is 0. The zero-order valence-corrected chi connectivity index (χ0v) is 16.4. The smallest absolute Gasteiger partial charge is 0.255 e. The van der Waals surface area contributed by atoms with Gasteiger partial charge in [0, 0.05) is 31.2 Å². The summed E-state index contributed by atoms with van der Waals surface area (Å²) in [6, 6.07) is 11.1. The number of benzene rings is 1. The SMILES string of the molecule is CC1CCN(C(=O)c2ccccc2NC(=O)CSCc2cccnc2)CC1. The van der Waals surface area contributed by atoms with Crippen molar-refractivity contribution >= 4 is 29.3 Å². The van der Waals surface area contributed by atoms with Crippen LogP contribution in [0.2, 0.25) is 0 Å². The molecule has 1 aliphatic rings. The maximum atomic E-state index is 12.9. The molecule has 1 aromatic heterocycles. The van der Waals surface area contributed by atoms with E-state index < -0.39 is 0 Å². The van der Waals surface area contributed by atoms with Crippen LogP contribution >= 0.6 is 11.8 Å². The van der Waals surface area contributed by atoms with Gasteiger partial charge in [0.25, 0.3) is 5.91 Å². The number of carbonyl (C=O) groups is 2. The minimum Gasteiger partial charge on any atom is -0.339 e. The normalized spacial score (nSPS) is 14.8. The highest BCUT2D eigenvalue weighted by Gasteiger charge is 2.23. The minimum absolute atomic E-state index is 0.000753. The molecule has 0 radical (unpaired) electrons. The molecule has 0 atom stereocenters. The van der Waals surface area contributed by atoms with Crippen molar-refractivity contribution in [1.29, 1.82) is 0 Å². The third-order valence-corrected chi connectivity index (χ3v) is 5.73. The Morgan fingerprint density at radius 1 is 1.19 bits per heavy atom. The van der Waals surface area contributed by atoms with E-state index in [2.05, 4.69) is 17.2 Å². The number of rotatable bonds is 6. The number of likely N-dealkylation sites (tertiary alicyclic amines) is 1. The molecule has 0 spiro atoms. The Kier molecular flexibility index (Phi) is 6.87. The number of aromatic nitrogens is 1. The summed E-state index contributed by atoms with van der Waals surface area (Å²) >= 11 is 1.53. The summed E-state index contributed by atoms with van der Waals surface area (Å²) in [4.78, 5) is 31.2. The first-order valence-corrected chi connectivity index (χ1v) is 10.4. The molecule has 1 aromatic carbocycles. The molecule has 27 heavy (non-hydrogen) atoms. The van der Waals surface area contributed by atoms with E-state index in [0.717, 1.165) is 37.2 Å². The van der Waals surface area contributed by atoms with E-state index in [9.17, 15) is 9.59 Å². The van der Waals surface area contributed by atoms with Gasteiger partial charge in [-0.15, -0.1) is 11.8 Å². The fraction of sp³-hybridized carbons (Fsp3) is 0.381. The molecule has 1 saturated heterocycles. The molecule has 2 amide bonds. The summed E-state index contributed by atoms with van der Waals surface area (Å²) in [6.45, 7) is 3.78. The van der Waals surface area contributed by atoms with Gasteiger partial charge in [0.1, 0.15) is 0 Å². The number of nitrogens with zero attached hydrogens (tertiary/aromatic N) is 2. The number of amides is 2. The van der Waals surface area contributed by atoms with E-state index in [-0.39, 0.29) is 11.8 Å². The lowest BCUT2D eigenvalue weighted by Crippen LogP contribution is -2.38. The van der Waals surface area contributed by atoms with Crippen LogP contribution in [0.5, 0.6) is 0 Å². The lowest BCUT2D eigenvalue weighted by Gasteiger charge is -2.30. The molecule has 5 nitrogen and oxygen atoms in total. The molecule has 1 N–H and O–H groups in total. The van der Waals surface area contributed by atoms with E-state index in [0.29, 0.717) is 22.9 Å². The maximum Gasteiger partial charge on any atom is 0.255 e. The van der Waals surface area contributed by atoms with E-state index >= 15 is 0 Å². The Hall–Kier alpha value is -2.34. The molecule has 2 heterocycles. The van der Waals surface area contributed by atoms with Crippen molar-refractivity contribution in [3.63, 3.8) is 0 Å². The molecule has 0 bridgehead atoms. The van der Waals surface area contributed by atoms with Gasteiger partial charge in [-0.2, -0.15) is 0 Å². The van der Waals surface area contributed by atoms with Gasteiger partial charge in [0.2, 0.25) is 5.91 Å². The highest BCUT2D eigenvalue weighted by Crippen LogP contribution is 2.22. The number of nitrogens with one attached hydrogen (secondary N) is 1. The number of piperidine rings is 1. The zero-order valence-electron chi connectivity index (χ0n) is 15.6. The third-order valence-electron chi connectivity index (χ3n) is 4.73. The van der Waals surface area contributed by atoms with Crippen LogP contribution in [0.25, 0.3) is 0 Å². The van der Waals surface area contributed by atoms with E-state index in [1.54, 1.807) is 24.5 Å². The first-order valence-electron chi connectivity index (χ1n) is 9.28. The maximum absolute atomic E-state index is 12.9. The molecule has 142 valence electrons. The van der Waals surface area contributed by atoms with Gasteiger partial charge in [-0.3, -0.25) is 14.6 Å². The van der Waals surface area contributed by atoms with E-state index in [4.69, 9.17) is 0 Å². The molecule has 3 rings (SSSR count). The summed E-state index contributed by atoms with van der Waals surface area (Å²) in [6.07, 6.45) is 5.60. The highest BCUT2D eigenvalue weighted by atomic mass is 32.2. The van der Waals surface area contributed by atoms with Gasteiger partial charge in [-0.25, -0.2) is 0 Å². The second-order valence-corrected chi connectivity index (χ2v) is 7.91. The first kappa shape index (κ1) is 19.4. The lowest BCUT2D eigenvalue weighted by atomic mass is 9.98. The molecular weight excluding hydrogens is 358 g/mol. The number of thioether (sulfide) groups is 1. The largest absolute Gasteiger partial charge is 0.339 e. The van der Waals surface area contributed by atoms with Crippen LogP contribution in [0.3, 0.4) is 0 Å². The molecule has 0 unspecified atom stereocenters. The summed E-state index contributed by atoms with van der Waals surface area (Å²) in [5, 5.41) is 2.90. The van der Waals surface area contributed by atoms with Crippen LogP contribution in [0.15, 0.2) is 48.8 Å². The van der Waals surface area contributed by atoms with Crippen molar-refractivity contribution in [1.82, 2.24) is 9.88 Å². The van der Waals surface area contributed by atoms with Gasteiger partial charge in [0.05, 0.1) is 17.0 Å². The van der Waals surface area contributed by atoms with Gasteiger partial charge in [-0.05, 0) is 42.5 Å². The fourth-order valence-electron chi connectivity index (χ4n) is 3.09. The van der Waals surface area contributed by atoms with Crippen molar-refractivity contribution in [3.05, 3.63) is 59.9 Å². The Balaban J connectivity index is 1.56. The molecule has 2 aromatic rings. The average molecular weight is 384 g/mol. The van der Waals surface area contributed by atoms with Crippen LogP contribution < -0.4 is 5.32 Å². The number of para-hydroxylation sites is 1. The second kappa shape index (κ2) is 9.55. The van der Waals surface area contributed by atoms with Crippen LogP contribution in [0, 0.1) is 5.92 Å². The molecule has 1 aliphatic heterocycles. The predicted octanol–water partition coefficient (Wildman–Crippen LogP) is 3.83. The Bertz CT molecular complexity index is 774. The van der Waals surface area contributed by atoms with Crippen LogP contribution in [0.4, 0.5) is 5.69 Å². The second-order valence-electron chi connectivity index (χ2n) is 6.92. The van der Waals surface area contributed by atoms with E-state index in [1.807, 2.05) is 29.2 Å². The van der Waals surface area contributed by atoms with Crippen molar-refractivity contribution in [2.24, 2.45) is 5.92 Å². The Morgan fingerprint density at radius 2 is 1.96 bits per heavy atom. The quantitative estimate of drug-likeness (QED) is 0.824. The van der Waals surface area contributed by atoms with Crippen molar-refractivity contribution in [2.45, 2.75) is 25.5 Å². The van der Waals surface area contributed by atoms with Crippen molar-refractivity contribution in [3.8, 4) is 0 Å². The molecule has 6 heteroatoms. The molecular formula is C21H25N3O2S. The van der Waals surface area contributed by atoms with Crippen molar-refractivity contribution in [2.75, 3.05) is 24.2 Å². The van der Waals surface area contributed by atoms with Gasteiger partial charge in [-0.1, -0.05) is 25.1 Å². The summed E-state index contributed by atoms with van der Waals surface area (Å²) in [5.74, 6) is 1.63. The number of pyridine rings is 1. The van der Waals surface area contributed by atoms with Crippen LogP contribution in [0.1, 0.15) is 35.7 Å². The lowest BCUT2D eigenvalue weighted by molar-refractivity contribution is -0.113. The van der Waals surface area contributed by atoms with Gasteiger partial charge < -0.3 is 10.2 Å². The number of hydrogen-bond acceptors (Lipinski definition) is 4. The Morgan fingerprint density at radius 3 is 2.70 bits per heavy atom. The number of anilines is 1. The first-order chi connectivity index (χ1) is 13.1. The number of hydrogen-bond donors (Lipinski definition) is 1. The fourth-order valence-corrected chi connectivity index (χ4v) is 3.86. The molecule has 0 aliphatic carbocycles. The zero-order chi connectivity index (χ0) is 19.1. The van der Waals surface area contributed by atoms with Crippen LogP contribution in [-0.2, 0) is 10.5 Å². The van der Waals surface area contributed by atoms with Gasteiger partial charge >= 0.3 is 0 Å². The molecule has 0 saturated carbocycles. The standard InChI is InChI=1S/C21H25N3O2S/c1-16-8-11-24(12-9-16)21(26)18-6-2-3-7-19(18)23-20(25)15-27-14-17-5-4-10-22-13-17/h2-7,10,13,16H,8-9,11-12,14-15H2,1H3,(H,23,25).